The van der Waals surface area contributed by atoms with Gasteiger partial charge >= 0.3 is 0 Å². The highest BCUT2D eigenvalue weighted by atomic mass is 16.1. The molecule has 1 aliphatic carbocycles. The van der Waals surface area contributed by atoms with E-state index in [4.69, 9.17) is 0 Å². The molecule has 0 bridgehead atoms. The second-order valence-electron chi connectivity index (χ2n) is 3.97. The van der Waals surface area contributed by atoms with Gasteiger partial charge in [0.05, 0.1) is 5.54 Å². The molecule has 0 heterocycles. The zero-order chi connectivity index (χ0) is 9.90. The van der Waals surface area contributed by atoms with Crippen LogP contribution in [-0.4, -0.2) is 29.3 Å². The minimum Gasteiger partial charge on any atom is -0.298 e. The van der Waals surface area contributed by atoms with Crippen molar-refractivity contribution >= 4 is 5.78 Å². The van der Waals surface area contributed by atoms with Crippen LogP contribution in [-0.2, 0) is 4.79 Å². The average Bonchev–Trinajstić information content (AvgIpc) is 2.56. The molecule has 0 N–H and O–H groups in total. The third-order valence-corrected chi connectivity index (χ3v) is 3.45. The number of likely N-dealkylation sites (N-methyl/N-ethyl adjacent to an activating group) is 1. The number of hydrogen-bond donors (Lipinski definition) is 0. The van der Waals surface area contributed by atoms with Crippen molar-refractivity contribution in [1.29, 1.82) is 0 Å². The van der Waals surface area contributed by atoms with Crippen LogP contribution in [0.15, 0.2) is 0 Å². The van der Waals surface area contributed by atoms with Crippen molar-refractivity contribution in [3.63, 3.8) is 0 Å². The van der Waals surface area contributed by atoms with Crippen LogP contribution >= 0.6 is 0 Å². The molecule has 0 spiro atoms. The van der Waals surface area contributed by atoms with E-state index in [0.29, 0.717) is 5.78 Å². The lowest BCUT2D eigenvalue weighted by Crippen LogP contribution is -2.51. The van der Waals surface area contributed by atoms with Crippen molar-refractivity contribution in [2.45, 2.75) is 52.0 Å². The normalized spacial score (nSPS) is 20.9. The minimum atomic E-state index is -0.0937. The first kappa shape index (κ1) is 10.7. The largest absolute Gasteiger partial charge is 0.298 e. The van der Waals surface area contributed by atoms with Gasteiger partial charge in [-0.3, -0.25) is 9.69 Å². The molecule has 1 rings (SSSR count). The topological polar surface area (TPSA) is 20.3 Å². The molecule has 1 aliphatic rings. The molecule has 0 atom stereocenters. The van der Waals surface area contributed by atoms with E-state index >= 15 is 0 Å². The fourth-order valence-electron chi connectivity index (χ4n) is 2.68. The lowest BCUT2D eigenvalue weighted by molar-refractivity contribution is -0.128. The van der Waals surface area contributed by atoms with Gasteiger partial charge in [-0.1, -0.05) is 26.7 Å². The zero-order valence-electron chi connectivity index (χ0n) is 9.10. The van der Waals surface area contributed by atoms with Gasteiger partial charge < -0.3 is 0 Å². The summed E-state index contributed by atoms with van der Waals surface area (Å²) >= 11 is 0. The Labute approximate surface area is 81.3 Å². The Bertz CT molecular complexity index is 179. The van der Waals surface area contributed by atoms with Gasteiger partial charge in [-0.2, -0.15) is 0 Å². The maximum Gasteiger partial charge on any atom is 0.150 e. The molecular formula is C11H21NO. The summed E-state index contributed by atoms with van der Waals surface area (Å²) in [6, 6.07) is 0. The molecule has 2 heteroatoms. The van der Waals surface area contributed by atoms with Gasteiger partial charge in [-0.15, -0.1) is 0 Å². The predicted octanol–water partition coefficient (Wildman–Crippen LogP) is 2.23. The number of carbonyl (C=O) groups is 1. The van der Waals surface area contributed by atoms with Gasteiger partial charge in [-0.05, 0) is 32.9 Å². The van der Waals surface area contributed by atoms with E-state index in [1.807, 2.05) is 0 Å². The summed E-state index contributed by atoms with van der Waals surface area (Å²) in [5.74, 6) is 0.369. The molecule has 0 aromatic heterocycles. The summed E-state index contributed by atoms with van der Waals surface area (Å²) in [6.45, 7) is 8.04. The third kappa shape index (κ3) is 1.78. The van der Waals surface area contributed by atoms with Crippen molar-refractivity contribution in [3.8, 4) is 0 Å². The smallest absolute Gasteiger partial charge is 0.150 e. The maximum atomic E-state index is 11.7. The summed E-state index contributed by atoms with van der Waals surface area (Å²) in [6.07, 6.45) is 4.58. The molecule has 13 heavy (non-hydrogen) atoms. The fourth-order valence-corrected chi connectivity index (χ4v) is 2.68. The van der Waals surface area contributed by atoms with E-state index in [1.54, 1.807) is 6.92 Å². The number of Topliss-reactive ketones (excluding diaryl/α,β-unsaturated/α-hetero) is 1. The van der Waals surface area contributed by atoms with Crippen LogP contribution < -0.4 is 0 Å². The van der Waals surface area contributed by atoms with E-state index in [1.165, 1.54) is 12.8 Å². The first-order valence-corrected chi connectivity index (χ1v) is 5.43. The SMILES string of the molecule is CCN(CC)C1(C(C)=O)CCCC1. The van der Waals surface area contributed by atoms with Crippen molar-refractivity contribution in [3.05, 3.63) is 0 Å². The van der Waals surface area contributed by atoms with Crippen LogP contribution in [0, 0.1) is 0 Å². The third-order valence-electron chi connectivity index (χ3n) is 3.45. The Morgan fingerprint density at radius 2 is 1.69 bits per heavy atom. The van der Waals surface area contributed by atoms with E-state index < -0.39 is 0 Å². The summed E-state index contributed by atoms with van der Waals surface area (Å²) in [5, 5.41) is 0. The molecule has 1 saturated carbocycles. The highest BCUT2D eigenvalue weighted by Gasteiger charge is 2.42. The van der Waals surface area contributed by atoms with Crippen LogP contribution in [0.4, 0.5) is 0 Å². The number of nitrogens with zero attached hydrogens (tertiary/aromatic N) is 1. The number of rotatable bonds is 4. The van der Waals surface area contributed by atoms with Crippen molar-refractivity contribution in [1.82, 2.24) is 4.90 Å². The minimum absolute atomic E-state index is 0.0937. The van der Waals surface area contributed by atoms with Gasteiger partial charge in [0.1, 0.15) is 5.78 Å². The van der Waals surface area contributed by atoms with E-state index in [2.05, 4.69) is 18.7 Å². The average molecular weight is 183 g/mol. The first-order chi connectivity index (χ1) is 6.17. The Morgan fingerprint density at radius 3 is 2.00 bits per heavy atom. The van der Waals surface area contributed by atoms with Crippen LogP contribution in [0.3, 0.4) is 0 Å². The summed E-state index contributed by atoms with van der Waals surface area (Å²) in [5.41, 5.74) is -0.0937. The lowest BCUT2D eigenvalue weighted by atomic mass is 9.90. The monoisotopic (exact) mass is 183 g/mol. The number of ketones is 1. The van der Waals surface area contributed by atoms with E-state index in [9.17, 15) is 4.79 Å². The number of carbonyl (C=O) groups excluding carboxylic acids is 1. The highest BCUT2D eigenvalue weighted by Crippen LogP contribution is 2.35. The van der Waals surface area contributed by atoms with E-state index in [-0.39, 0.29) is 5.54 Å². The molecule has 0 saturated heterocycles. The van der Waals surface area contributed by atoms with E-state index in [0.717, 1.165) is 25.9 Å². The quantitative estimate of drug-likeness (QED) is 0.666. The zero-order valence-corrected chi connectivity index (χ0v) is 9.10. The molecule has 0 unspecified atom stereocenters. The number of hydrogen-bond acceptors (Lipinski definition) is 2. The molecule has 76 valence electrons. The van der Waals surface area contributed by atoms with Crippen molar-refractivity contribution < 1.29 is 4.79 Å². The second kappa shape index (κ2) is 4.23. The Balaban J connectivity index is 2.82. The van der Waals surface area contributed by atoms with Crippen LogP contribution in [0.5, 0.6) is 0 Å². The van der Waals surface area contributed by atoms with Crippen molar-refractivity contribution in [2.24, 2.45) is 0 Å². The van der Waals surface area contributed by atoms with Gasteiger partial charge in [0, 0.05) is 0 Å². The molecule has 0 amide bonds. The fraction of sp³-hybridized carbons (Fsp3) is 0.909. The highest BCUT2D eigenvalue weighted by molar-refractivity contribution is 5.86. The van der Waals surface area contributed by atoms with Crippen LogP contribution in [0.2, 0.25) is 0 Å². The lowest BCUT2D eigenvalue weighted by Gasteiger charge is -2.38. The molecule has 0 aliphatic heterocycles. The van der Waals surface area contributed by atoms with Gasteiger partial charge in [0.25, 0.3) is 0 Å². The summed E-state index contributed by atoms with van der Waals surface area (Å²) in [4.78, 5) is 14.0. The molecular weight excluding hydrogens is 162 g/mol. The Kier molecular flexibility index (Phi) is 3.48. The first-order valence-electron chi connectivity index (χ1n) is 5.43. The summed E-state index contributed by atoms with van der Waals surface area (Å²) in [7, 11) is 0. The summed E-state index contributed by atoms with van der Waals surface area (Å²) < 4.78 is 0. The molecule has 0 aromatic carbocycles. The second-order valence-corrected chi connectivity index (χ2v) is 3.97. The molecule has 0 radical (unpaired) electrons. The molecule has 0 aromatic rings. The Hall–Kier alpha value is -0.370. The van der Waals surface area contributed by atoms with Gasteiger partial charge in [0.15, 0.2) is 0 Å². The van der Waals surface area contributed by atoms with Gasteiger partial charge in [0.2, 0.25) is 0 Å². The maximum absolute atomic E-state index is 11.7. The standard InChI is InChI=1S/C11H21NO/c1-4-12(5-2)11(10(3)13)8-6-7-9-11/h4-9H2,1-3H3. The van der Waals surface area contributed by atoms with Crippen LogP contribution in [0.25, 0.3) is 0 Å². The molecule has 1 fully saturated rings. The van der Waals surface area contributed by atoms with Crippen LogP contribution in [0.1, 0.15) is 46.5 Å². The van der Waals surface area contributed by atoms with Crippen molar-refractivity contribution in [2.75, 3.05) is 13.1 Å². The Morgan fingerprint density at radius 1 is 1.23 bits per heavy atom. The van der Waals surface area contributed by atoms with Gasteiger partial charge in [-0.25, -0.2) is 0 Å². The molecule has 2 nitrogen and oxygen atoms in total. The predicted molar refractivity (Wildman–Crippen MR) is 54.8 cm³/mol.